The van der Waals surface area contributed by atoms with E-state index in [2.05, 4.69) is 34.5 Å². The topological polar surface area (TPSA) is 33.7 Å². The lowest BCUT2D eigenvalue weighted by atomic mass is 9.46. The molecule has 4 heteroatoms. The lowest BCUT2D eigenvalue weighted by Crippen LogP contribution is -2.68. The smallest absolute Gasteiger partial charge is 0.0699 e. The van der Waals surface area contributed by atoms with Gasteiger partial charge in [-0.3, -0.25) is 4.90 Å². The standard InChI is InChI=1S/C20H28N2O2/c1-2-5-17(15(4-1)14-22-9-12-23-13-10-22)21-18-16-6-11-24-19(16)20(18)7-3-8-20/h1-2,4-5,16,18-19,21H,3,6-14H2/t16-,18-,19+/m1/s1. The monoisotopic (exact) mass is 328 g/mol. The van der Waals surface area contributed by atoms with E-state index in [0.29, 0.717) is 17.6 Å². The molecule has 0 radical (unpaired) electrons. The number of morpholine rings is 1. The third kappa shape index (κ3) is 2.31. The van der Waals surface area contributed by atoms with Crippen molar-refractivity contribution < 1.29 is 9.47 Å². The molecule has 1 aromatic carbocycles. The van der Waals surface area contributed by atoms with Crippen LogP contribution in [-0.4, -0.2) is 50.0 Å². The van der Waals surface area contributed by atoms with Crippen molar-refractivity contribution in [3.63, 3.8) is 0 Å². The Hall–Kier alpha value is -1.10. The number of fused-ring (bicyclic) bond motifs is 2. The maximum absolute atomic E-state index is 6.07. The van der Waals surface area contributed by atoms with Gasteiger partial charge in [0, 0.05) is 49.3 Å². The summed E-state index contributed by atoms with van der Waals surface area (Å²) in [5.41, 5.74) is 3.20. The number of rotatable bonds is 4. The van der Waals surface area contributed by atoms with Crippen molar-refractivity contribution in [2.45, 2.75) is 44.4 Å². The predicted molar refractivity (Wildman–Crippen MR) is 94.1 cm³/mol. The normalized spacial score (nSPS) is 34.4. The van der Waals surface area contributed by atoms with Crippen LogP contribution in [0.5, 0.6) is 0 Å². The van der Waals surface area contributed by atoms with Crippen LogP contribution in [0.15, 0.2) is 24.3 Å². The van der Waals surface area contributed by atoms with Gasteiger partial charge in [0.25, 0.3) is 0 Å². The molecule has 24 heavy (non-hydrogen) atoms. The van der Waals surface area contributed by atoms with Crippen LogP contribution < -0.4 is 5.32 Å². The Balaban J connectivity index is 1.33. The fourth-order valence-corrected chi connectivity index (χ4v) is 5.42. The minimum Gasteiger partial charge on any atom is -0.381 e. The minimum absolute atomic E-state index is 0.438. The van der Waals surface area contributed by atoms with Crippen LogP contribution in [0.3, 0.4) is 0 Å². The van der Waals surface area contributed by atoms with E-state index >= 15 is 0 Å². The van der Waals surface area contributed by atoms with Crippen LogP contribution in [0, 0.1) is 11.3 Å². The van der Waals surface area contributed by atoms with E-state index in [1.807, 2.05) is 0 Å². The van der Waals surface area contributed by atoms with E-state index in [0.717, 1.165) is 45.4 Å². The Morgan fingerprint density at radius 3 is 2.75 bits per heavy atom. The third-order valence-electron chi connectivity index (χ3n) is 6.86. The molecule has 0 amide bonds. The summed E-state index contributed by atoms with van der Waals surface area (Å²) in [5, 5.41) is 3.96. The number of hydrogen-bond acceptors (Lipinski definition) is 4. The van der Waals surface area contributed by atoms with Crippen LogP contribution in [0.4, 0.5) is 5.69 Å². The van der Waals surface area contributed by atoms with E-state index in [1.165, 1.54) is 36.9 Å². The molecule has 1 spiro atoms. The van der Waals surface area contributed by atoms with Gasteiger partial charge in [-0.1, -0.05) is 24.6 Å². The van der Waals surface area contributed by atoms with Gasteiger partial charge in [0.05, 0.1) is 19.3 Å². The molecular weight excluding hydrogens is 300 g/mol. The molecule has 1 aromatic rings. The SMILES string of the molecule is c1ccc(N[C@@H]2[C@H]3CCO[C@@H]3C23CCC3)c(CN2CCOCC2)c1. The molecule has 0 aromatic heterocycles. The predicted octanol–water partition coefficient (Wildman–Crippen LogP) is 2.89. The summed E-state index contributed by atoms with van der Waals surface area (Å²) >= 11 is 0. The Bertz CT molecular complexity index is 595. The van der Waals surface area contributed by atoms with Crippen LogP contribution >= 0.6 is 0 Å². The summed E-state index contributed by atoms with van der Waals surface area (Å²) < 4.78 is 11.6. The Labute approximate surface area is 144 Å². The van der Waals surface area contributed by atoms with Gasteiger partial charge in [0.2, 0.25) is 0 Å². The van der Waals surface area contributed by atoms with Gasteiger partial charge in [0.1, 0.15) is 0 Å². The van der Waals surface area contributed by atoms with Crippen molar-refractivity contribution in [1.29, 1.82) is 0 Å². The van der Waals surface area contributed by atoms with Crippen LogP contribution in [-0.2, 0) is 16.0 Å². The first-order chi connectivity index (χ1) is 11.9. The van der Waals surface area contributed by atoms with E-state index in [4.69, 9.17) is 9.47 Å². The highest BCUT2D eigenvalue weighted by atomic mass is 16.5. The molecule has 4 fully saturated rings. The quantitative estimate of drug-likeness (QED) is 0.921. The fraction of sp³-hybridized carbons (Fsp3) is 0.700. The zero-order valence-corrected chi connectivity index (χ0v) is 14.4. The molecule has 0 unspecified atom stereocenters. The third-order valence-corrected chi connectivity index (χ3v) is 6.86. The van der Waals surface area contributed by atoms with Gasteiger partial charge in [-0.05, 0) is 30.9 Å². The largest absolute Gasteiger partial charge is 0.381 e. The molecular formula is C20H28N2O2. The zero-order chi connectivity index (χ0) is 16.0. The molecule has 1 N–H and O–H groups in total. The van der Waals surface area contributed by atoms with Gasteiger partial charge in [0.15, 0.2) is 0 Å². The van der Waals surface area contributed by atoms with Crippen molar-refractivity contribution >= 4 is 5.69 Å². The van der Waals surface area contributed by atoms with E-state index in [-0.39, 0.29) is 0 Å². The summed E-state index contributed by atoms with van der Waals surface area (Å²) in [4.78, 5) is 2.51. The highest BCUT2D eigenvalue weighted by Crippen LogP contribution is 2.63. The first-order valence-electron chi connectivity index (χ1n) is 9.63. The number of hydrogen-bond donors (Lipinski definition) is 1. The Morgan fingerprint density at radius 1 is 1.12 bits per heavy atom. The van der Waals surface area contributed by atoms with Crippen LogP contribution in [0.25, 0.3) is 0 Å². The van der Waals surface area contributed by atoms with Crippen LogP contribution in [0.1, 0.15) is 31.2 Å². The first-order valence-corrected chi connectivity index (χ1v) is 9.63. The first kappa shape index (κ1) is 15.2. The zero-order valence-electron chi connectivity index (χ0n) is 14.4. The average Bonchev–Trinajstić information content (AvgIpc) is 2.99. The minimum atomic E-state index is 0.438. The van der Waals surface area contributed by atoms with Gasteiger partial charge < -0.3 is 14.8 Å². The average molecular weight is 328 g/mol. The van der Waals surface area contributed by atoms with Crippen molar-refractivity contribution in [2.75, 3.05) is 38.2 Å². The molecule has 3 atom stereocenters. The summed E-state index contributed by atoms with van der Waals surface area (Å²) in [7, 11) is 0. The van der Waals surface area contributed by atoms with E-state index in [1.54, 1.807) is 0 Å². The summed E-state index contributed by atoms with van der Waals surface area (Å²) in [6.07, 6.45) is 5.83. The Kier molecular flexibility index (Phi) is 3.80. The molecule has 2 saturated carbocycles. The maximum atomic E-state index is 6.07. The highest BCUT2D eigenvalue weighted by Gasteiger charge is 2.66. The molecule has 2 saturated heterocycles. The van der Waals surface area contributed by atoms with Crippen molar-refractivity contribution in [2.24, 2.45) is 11.3 Å². The molecule has 4 aliphatic rings. The summed E-state index contributed by atoms with van der Waals surface area (Å²) in [5.74, 6) is 0.724. The second-order valence-electron chi connectivity index (χ2n) is 8.00. The van der Waals surface area contributed by atoms with Gasteiger partial charge in [-0.15, -0.1) is 0 Å². The molecule has 2 aliphatic heterocycles. The van der Waals surface area contributed by atoms with E-state index in [9.17, 15) is 0 Å². The maximum Gasteiger partial charge on any atom is 0.0699 e. The fourth-order valence-electron chi connectivity index (χ4n) is 5.42. The van der Waals surface area contributed by atoms with Crippen molar-refractivity contribution in [3.8, 4) is 0 Å². The highest BCUT2D eigenvalue weighted by molar-refractivity contribution is 5.53. The number of nitrogens with zero attached hydrogens (tertiary/aromatic N) is 1. The number of ether oxygens (including phenoxy) is 2. The summed E-state index contributed by atoms with van der Waals surface area (Å²) in [6, 6.07) is 9.50. The second kappa shape index (κ2) is 6.01. The number of nitrogens with one attached hydrogen (secondary N) is 1. The Morgan fingerprint density at radius 2 is 1.96 bits per heavy atom. The molecule has 4 nitrogen and oxygen atoms in total. The lowest BCUT2D eigenvalue weighted by molar-refractivity contribution is -0.158. The van der Waals surface area contributed by atoms with Crippen molar-refractivity contribution in [1.82, 2.24) is 4.90 Å². The summed E-state index contributed by atoms with van der Waals surface area (Å²) in [6.45, 7) is 5.80. The number of benzene rings is 1. The van der Waals surface area contributed by atoms with Gasteiger partial charge in [-0.2, -0.15) is 0 Å². The molecule has 2 heterocycles. The van der Waals surface area contributed by atoms with E-state index < -0.39 is 0 Å². The molecule has 5 rings (SSSR count). The molecule has 2 aliphatic carbocycles. The molecule has 130 valence electrons. The second-order valence-corrected chi connectivity index (χ2v) is 8.00. The van der Waals surface area contributed by atoms with Gasteiger partial charge >= 0.3 is 0 Å². The number of anilines is 1. The van der Waals surface area contributed by atoms with Crippen LogP contribution in [0.2, 0.25) is 0 Å². The lowest BCUT2D eigenvalue weighted by Gasteiger charge is -2.63. The van der Waals surface area contributed by atoms with Gasteiger partial charge in [-0.25, -0.2) is 0 Å². The van der Waals surface area contributed by atoms with Crippen molar-refractivity contribution in [3.05, 3.63) is 29.8 Å². The molecule has 0 bridgehead atoms. The number of para-hydroxylation sites is 1.